The Bertz CT molecular complexity index is 1450. The third-order valence-electron chi connectivity index (χ3n) is 4.95. The van der Waals surface area contributed by atoms with E-state index in [2.05, 4.69) is 10.3 Å². The number of para-hydroxylation sites is 1. The quantitative estimate of drug-likeness (QED) is 0.328. The topological polar surface area (TPSA) is 108 Å². The van der Waals surface area contributed by atoms with Crippen molar-refractivity contribution in [2.45, 2.75) is 26.4 Å². The Morgan fingerprint density at radius 2 is 1.91 bits per heavy atom. The first-order chi connectivity index (χ1) is 16.9. The van der Waals surface area contributed by atoms with Gasteiger partial charge in [0.1, 0.15) is 5.58 Å². The number of anilines is 1. The number of ether oxygens (including phenoxy) is 2. The number of benzene rings is 2. The van der Waals surface area contributed by atoms with Crippen LogP contribution in [0.5, 0.6) is 5.75 Å². The fourth-order valence-electron chi connectivity index (χ4n) is 3.30. The molecule has 180 valence electrons. The maximum Gasteiger partial charge on any atom is 0.311 e. The molecule has 4 aromatic rings. The largest absolute Gasteiger partial charge is 0.473 e. The average Bonchev–Trinajstić information content (AvgIpc) is 3.27. The smallest absolute Gasteiger partial charge is 0.311 e. The van der Waals surface area contributed by atoms with E-state index in [9.17, 15) is 14.4 Å². The number of nitrogens with one attached hydrogen (secondary N) is 1. The zero-order chi connectivity index (χ0) is 24.9. The number of hydrogen-bond donors (Lipinski definition) is 1. The zero-order valence-corrected chi connectivity index (χ0v) is 20.4. The van der Waals surface area contributed by atoms with Crippen molar-refractivity contribution in [1.82, 2.24) is 4.98 Å². The number of hydrogen-bond acceptors (Lipinski definition) is 8. The van der Waals surface area contributed by atoms with Gasteiger partial charge in [-0.25, -0.2) is 4.98 Å². The van der Waals surface area contributed by atoms with Gasteiger partial charge in [0, 0.05) is 10.9 Å². The lowest BCUT2D eigenvalue weighted by Gasteiger charge is -2.16. The molecule has 0 radical (unpaired) electrons. The number of esters is 1. The molecule has 0 spiro atoms. The van der Waals surface area contributed by atoms with Crippen molar-refractivity contribution in [3.63, 3.8) is 0 Å². The second-order valence-electron chi connectivity index (χ2n) is 7.44. The second-order valence-corrected chi connectivity index (χ2v) is 8.71. The van der Waals surface area contributed by atoms with Gasteiger partial charge < -0.3 is 13.9 Å². The van der Waals surface area contributed by atoms with Crippen LogP contribution < -0.4 is 15.5 Å². The summed E-state index contributed by atoms with van der Waals surface area (Å²) in [5.74, 6) is -0.922. The van der Waals surface area contributed by atoms with Crippen molar-refractivity contribution in [2.75, 3.05) is 11.9 Å². The number of rotatable bonds is 8. The second kappa shape index (κ2) is 10.7. The molecule has 35 heavy (non-hydrogen) atoms. The third kappa shape index (κ3) is 5.52. The van der Waals surface area contributed by atoms with Crippen LogP contribution in [0.25, 0.3) is 22.3 Å². The van der Waals surface area contributed by atoms with Gasteiger partial charge >= 0.3 is 5.97 Å². The van der Waals surface area contributed by atoms with E-state index in [0.717, 1.165) is 11.3 Å². The maximum absolute atomic E-state index is 13.3. The van der Waals surface area contributed by atoms with E-state index in [-0.39, 0.29) is 24.5 Å². The number of carbonyl (C=O) groups is 2. The number of amides is 1. The summed E-state index contributed by atoms with van der Waals surface area (Å²) in [5.41, 5.74) is 0.887. The number of nitrogens with zero attached hydrogens (tertiary/aromatic N) is 1. The molecule has 1 atom stereocenters. The summed E-state index contributed by atoms with van der Waals surface area (Å²) in [4.78, 5) is 42.0. The van der Waals surface area contributed by atoms with E-state index in [1.165, 1.54) is 6.92 Å². The molecule has 0 aliphatic heterocycles. The molecule has 2 aromatic heterocycles. The fourth-order valence-corrected chi connectivity index (χ4v) is 4.23. The van der Waals surface area contributed by atoms with Crippen molar-refractivity contribution in [1.29, 1.82) is 0 Å². The molecule has 1 amide bonds. The predicted molar refractivity (Wildman–Crippen MR) is 134 cm³/mol. The van der Waals surface area contributed by atoms with Gasteiger partial charge in [-0.3, -0.25) is 19.7 Å². The lowest BCUT2D eigenvalue weighted by Crippen LogP contribution is -2.31. The van der Waals surface area contributed by atoms with Crippen LogP contribution in [0.2, 0.25) is 5.02 Å². The standard InChI is InChI=1S/C25H21ClN2O6S/c1-3-32-20(29)12-15-13-35-25(27-15)28-24(31)14(2)33-23-21(30)17-9-5-7-11-19(17)34-22(23)16-8-4-6-10-18(16)26/h4-11,13-14H,3,12H2,1-2H3,(H,27,28,31). The molecule has 2 aromatic carbocycles. The van der Waals surface area contributed by atoms with Crippen molar-refractivity contribution in [3.05, 3.63) is 74.9 Å². The Kier molecular flexibility index (Phi) is 7.48. The van der Waals surface area contributed by atoms with Gasteiger partial charge in [-0.2, -0.15) is 0 Å². The van der Waals surface area contributed by atoms with Gasteiger partial charge in [0.15, 0.2) is 17.0 Å². The molecular weight excluding hydrogens is 492 g/mol. The van der Waals surface area contributed by atoms with E-state index in [1.54, 1.807) is 60.8 Å². The fraction of sp³-hybridized carbons (Fsp3) is 0.200. The Labute approximate surface area is 209 Å². The summed E-state index contributed by atoms with van der Waals surface area (Å²) < 4.78 is 16.8. The summed E-state index contributed by atoms with van der Waals surface area (Å²) in [6.45, 7) is 3.51. The zero-order valence-electron chi connectivity index (χ0n) is 18.9. The van der Waals surface area contributed by atoms with Crippen LogP contribution in [0.4, 0.5) is 5.13 Å². The minimum absolute atomic E-state index is 0.00555. The first-order valence-electron chi connectivity index (χ1n) is 10.8. The van der Waals surface area contributed by atoms with Crippen LogP contribution in [0.1, 0.15) is 19.5 Å². The van der Waals surface area contributed by atoms with Crippen LogP contribution in [0.3, 0.4) is 0 Å². The molecule has 0 fully saturated rings. The predicted octanol–water partition coefficient (Wildman–Crippen LogP) is 5.08. The Morgan fingerprint density at radius 3 is 2.69 bits per heavy atom. The van der Waals surface area contributed by atoms with E-state index < -0.39 is 23.4 Å². The number of aromatic nitrogens is 1. The lowest BCUT2D eigenvalue weighted by molar-refractivity contribution is -0.142. The summed E-state index contributed by atoms with van der Waals surface area (Å²) in [6.07, 6.45) is -1.07. The number of carbonyl (C=O) groups excluding carboxylic acids is 2. The summed E-state index contributed by atoms with van der Waals surface area (Å²) in [5, 5.41) is 5.28. The van der Waals surface area contributed by atoms with E-state index >= 15 is 0 Å². The lowest BCUT2D eigenvalue weighted by atomic mass is 10.1. The van der Waals surface area contributed by atoms with Crippen LogP contribution in [-0.2, 0) is 20.7 Å². The summed E-state index contributed by atoms with van der Waals surface area (Å²) in [7, 11) is 0. The van der Waals surface area contributed by atoms with Crippen molar-refractivity contribution in [2.24, 2.45) is 0 Å². The van der Waals surface area contributed by atoms with Crippen molar-refractivity contribution >= 4 is 50.9 Å². The van der Waals surface area contributed by atoms with Crippen molar-refractivity contribution in [3.8, 4) is 17.1 Å². The molecule has 0 saturated heterocycles. The highest BCUT2D eigenvalue weighted by molar-refractivity contribution is 7.13. The molecular formula is C25H21ClN2O6S. The molecule has 0 aliphatic rings. The number of thiazole rings is 1. The number of fused-ring (bicyclic) bond motifs is 1. The van der Waals surface area contributed by atoms with Gasteiger partial charge in [0.05, 0.1) is 29.1 Å². The molecule has 0 bridgehead atoms. The molecule has 1 N–H and O–H groups in total. The van der Waals surface area contributed by atoms with Gasteiger partial charge in [-0.05, 0) is 38.1 Å². The van der Waals surface area contributed by atoms with Crippen LogP contribution >= 0.6 is 22.9 Å². The van der Waals surface area contributed by atoms with E-state index in [1.807, 2.05) is 0 Å². The molecule has 0 aliphatic carbocycles. The maximum atomic E-state index is 13.3. The molecule has 8 nitrogen and oxygen atoms in total. The van der Waals surface area contributed by atoms with Gasteiger partial charge in [-0.1, -0.05) is 35.9 Å². The normalized spacial score (nSPS) is 11.7. The van der Waals surface area contributed by atoms with Crippen LogP contribution in [0.15, 0.2) is 63.1 Å². The summed E-state index contributed by atoms with van der Waals surface area (Å²) >= 11 is 7.53. The first kappa shape index (κ1) is 24.4. The van der Waals surface area contributed by atoms with Gasteiger partial charge in [-0.15, -0.1) is 11.3 Å². The third-order valence-corrected chi connectivity index (χ3v) is 6.09. The highest BCUT2D eigenvalue weighted by Crippen LogP contribution is 2.35. The summed E-state index contributed by atoms with van der Waals surface area (Å²) in [6, 6.07) is 13.6. The monoisotopic (exact) mass is 512 g/mol. The van der Waals surface area contributed by atoms with E-state index in [4.69, 9.17) is 25.5 Å². The highest BCUT2D eigenvalue weighted by atomic mass is 35.5. The SMILES string of the molecule is CCOC(=O)Cc1csc(NC(=O)C(C)Oc2c(-c3ccccc3Cl)oc3ccccc3c2=O)n1. The molecule has 4 rings (SSSR count). The minimum Gasteiger partial charge on any atom is -0.473 e. The average molecular weight is 513 g/mol. The Morgan fingerprint density at radius 1 is 1.17 bits per heavy atom. The van der Waals surface area contributed by atoms with Crippen LogP contribution in [0, 0.1) is 0 Å². The van der Waals surface area contributed by atoms with Gasteiger partial charge in [0.2, 0.25) is 11.2 Å². The highest BCUT2D eigenvalue weighted by Gasteiger charge is 2.24. The molecule has 10 heteroatoms. The first-order valence-corrected chi connectivity index (χ1v) is 12.0. The minimum atomic E-state index is -1.07. The van der Waals surface area contributed by atoms with E-state index in [0.29, 0.717) is 32.4 Å². The number of halogens is 1. The molecule has 1 unspecified atom stereocenters. The molecule has 2 heterocycles. The Balaban J connectivity index is 1.60. The Hall–Kier alpha value is -3.69. The molecule has 0 saturated carbocycles. The van der Waals surface area contributed by atoms with Crippen LogP contribution in [-0.4, -0.2) is 29.6 Å². The van der Waals surface area contributed by atoms with Gasteiger partial charge in [0.25, 0.3) is 5.91 Å². The van der Waals surface area contributed by atoms with Crippen molar-refractivity contribution < 1.29 is 23.5 Å².